The van der Waals surface area contributed by atoms with Gasteiger partial charge in [-0.15, -0.1) is 0 Å². The average Bonchev–Trinajstić information content (AvgIpc) is 2.33. The first-order chi connectivity index (χ1) is 7.56. The predicted molar refractivity (Wildman–Crippen MR) is 61.5 cm³/mol. The monoisotopic (exact) mass is 224 g/mol. The SMILES string of the molecule is CCN1CNc2c(c(=O)n(C)c(=O)n2C)C1. The Morgan fingerprint density at radius 3 is 2.56 bits per heavy atom. The van der Waals surface area contributed by atoms with Crippen molar-refractivity contribution in [3.05, 3.63) is 26.4 Å². The third-order valence-electron chi connectivity index (χ3n) is 3.06. The molecule has 1 N–H and O–H groups in total. The molecule has 0 aliphatic carbocycles. The smallest absolute Gasteiger partial charge is 0.332 e. The number of hydrogen-bond acceptors (Lipinski definition) is 4. The molecule has 1 aromatic heterocycles. The molecule has 0 unspecified atom stereocenters. The van der Waals surface area contributed by atoms with Gasteiger partial charge in [0.1, 0.15) is 5.82 Å². The second-order valence-electron chi connectivity index (χ2n) is 4.01. The summed E-state index contributed by atoms with van der Waals surface area (Å²) in [4.78, 5) is 25.7. The summed E-state index contributed by atoms with van der Waals surface area (Å²) in [5.74, 6) is 0.651. The van der Waals surface area contributed by atoms with Crippen molar-refractivity contribution < 1.29 is 0 Å². The van der Waals surface area contributed by atoms with E-state index in [2.05, 4.69) is 10.2 Å². The van der Waals surface area contributed by atoms with Gasteiger partial charge in [-0.2, -0.15) is 0 Å². The molecule has 0 amide bonds. The van der Waals surface area contributed by atoms with Gasteiger partial charge in [0.15, 0.2) is 0 Å². The van der Waals surface area contributed by atoms with Crippen LogP contribution >= 0.6 is 0 Å². The molecule has 1 aromatic rings. The molecule has 0 saturated heterocycles. The molecule has 1 aliphatic heterocycles. The number of nitrogens with zero attached hydrogens (tertiary/aromatic N) is 3. The molecule has 2 rings (SSSR count). The standard InChI is InChI=1S/C10H16N4O2/c1-4-14-5-7-8(11-6-14)12(2)10(16)13(3)9(7)15/h11H,4-6H2,1-3H3. The van der Waals surface area contributed by atoms with Crippen molar-refractivity contribution in [3.63, 3.8) is 0 Å². The van der Waals surface area contributed by atoms with E-state index in [1.165, 1.54) is 11.6 Å². The zero-order chi connectivity index (χ0) is 11.9. The second kappa shape index (κ2) is 3.79. The maximum Gasteiger partial charge on any atom is 0.332 e. The second-order valence-corrected chi connectivity index (χ2v) is 4.01. The van der Waals surface area contributed by atoms with E-state index in [4.69, 9.17) is 0 Å². The van der Waals surface area contributed by atoms with Crippen LogP contribution in [0.2, 0.25) is 0 Å². The van der Waals surface area contributed by atoms with Crippen molar-refractivity contribution in [2.45, 2.75) is 13.5 Å². The van der Waals surface area contributed by atoms with E-state index in [9.17, 15) is 9.59 Å². The lowest BCUT2D eigenvalue weighted by molar-refractivity contribution is 0.285. The van der Waals surface area contributed by atoms with Gasteiger partial charge in [0.2, 0.25) is 0 Å². The van der Waals surface area contributed by atoms with Crippen LogP contribution in [-0.4, -0.2) is 27.2 Å². The first-order valence-corrected chi connectivity index (χ1v) is 5.31. The van der Waals surface area contributed by atoms with Gasteiger partial charge in [-0.05, 0) is 6.54 Å². The molecule has 1 aliphatic rings. The molecule has 2 heterocycles. The Bertz CT molecular complexity index is 529. The summed E-state index contributed by atoms with van der Waals surface area (Å²) in [7, 11) is 3.19. The summed E-state index contributed by atoms with van der Waals surface area (Å²) < 4.78 is 2.64. The maximum atomic E-state index is 11.9. The summed E-state index contributed by atoms with van der Waals surface area (Å²) in [5.41, 5.74) is 0.169. The minimum Gasteiger partial charge on any atom is -0.358 e. The highest BCUT2D eigenvalue weighted by molar-refractivity contribution is 5.45. The molecule has 0 bridgehead atoms. The Morgan fingerprint density at radius 2 is 1.94 bits per heavy atom. The summed E-state index contributed by atoms with van der Waals surface area (Å²) in [6.45, 7) is 4.18. The third kappa shape index (κ3) is 1.46. The molecule has 0 aromatic carbocycles. The average molecular weight is 224 g/mol. The Morgan fingerprint density at radius 1 is 1.25 bits per heavy atom. The van der Waals surface area contributed by atoms with E-state index >= 15 is 0 Å². The van der Waals surface area contributed by atoms with Gasteiger partial charge in [-0.1, -0.05) is 6.92 Å². The number of aromatic nitrogens is 2. The van der Waals surface area contributed by atoms with Gasteiger partial charge in [0, 0.05) is 20.6 Å². The Labute approximate surface area is 93.1 Å². The first-order valence-electron chi connectivity index (χ1n) is 5.31. The highest BCUT2D eigenvalue weighted by Gasteiger charge is 2.21. The number of anilines is 1. The number of rotatable bonds is 1. The van der Waals surface area contributed by atoms with Crippen molar-refractivity contribution in [1.82, 2.24) is 14.0 Å². The van der Waals surface area contributed by atoms with E-state index in [-0.39, 0.29) is 11.2 Å². The lowest BCUT2D eigenvalue weighted by Crippen LogP contribution is -2.46. The normalized spacial score (nSPS) is 15.7. The van der Waals surface area contributed by atoms with Crippen LogP contribution in [0.3, 0.4) is 0 Å². The molecular weight excluding hydrogens is 208 g/mol. The van der Waals surface area contributed by atoms with E-state index in [0.29, 0.717) is 24.6 Å². The van der Waals surface area contributed by atoms with E-state index in [1.54, 1.807) is 7.05 Å². The molecule has 0 spiro atoms. The van der Waals surface area contributed by atoms with Crippen LogP contribution in [-0.2, 0) is 20.6 Å². The minimum atomic E-state index is -0.291. The van der Waals surface area contributed by atoms with Crippen LogP contribution < -0.4 is 16.6 Å². The van der Waals surface area contributed by atoms with Crippen molar-refractivity contribution in [2.24, 2.45) is 14.1 Å². The van der Waals surface area contributed by atoms with Crippen LogP contribution in [0.25, 0.3) is 0 Å². The number of hydrogen-bond donors (Lipinski definition) is 1. The van der Waals surface area contributed by atoms with Gasteiger partial charge >= 0.3 is 5.69 Å². The molecule has 16 heavy (non-hydrogen) atoms. The summed E-state index contributed by atoms with van der Waals surface area (Å²) in [5, 5.41) is 3.12. The van der Waals surface area contributed by atoms with Crippen molar-refractivity contribution in [2.75, 3.05) is 18.5 Å². The Hall–Kier alpha value is -1.56. The van der Waals surface area contributed by atoms with Gasteiger partial charge in [0.05, 0.1) is 12.2 Å². The molecule has 6 heteroatoms. The van der Waals surface area contributed by atoms with Gasteiger partial charge in [-0.3, -0.25) is 18.8 Å². The van der Waals surface area contributed by atoms with E-state index in [1.807, 2.05) is 6.92 Å². The van der Waals surface area contributed by atoms with Crippen LogP contribution in [0.4, 0.5) is 5.82 Å². The maximum absolute atomic E-state index is 11.9. The fourth-order valence-electron chi connectivity index (χ4n) is 1.97. The van der Waals surface area contributed by atoms with Crippen molar-refractivity contribution >= 4 is 5.82 Å². The zero-order valence-corrected chi connectivity index (χ0v) is 9.78. The summed E-state index contributed by atoms with van der Waals surface area (Å²) in [6.07, 6.45) is 0. The third-order valence-corrected chi connectivity index (χ3v) is 3.06. The largest absolute Gasteiger partial charge is 0.358 e. The van der Waals surface area contributed by atoms with Crippen LogP contribution in [0.1, 0.15) is 12.5 Å². The lowest BCUT2D eigenvalue weighted by Gasteiger charge is -2.29. The molecule has 0 saturated carbocycles. The number of nitrogens with one attached hydrogen (secondary N) is 1. The minimum absolute atomic E-state index is 0.205. The quantitative estimate of drug-likeness (QED) is 0.684. The highest BCUT2D eigenvalue weighted by atomic mass is 16.2. The first kappa shape index (κ1) is 10.9. The molecule has 88 valence electrons. The lowest BCUT2D eigenvalue weighted by atomic mass is 10.2. The van der Waals surface area contributed by atoms with E-state index < -0.39 is 0 Å². The van der Waals surface area contributed by atoms with Gasteiger partial charge in [-0.25, -0.2) is 4.79 Å². The Kier molecular flexibility index (Phi) is 2.59. The van der Waals surface area contributed by atoms with E-state index in [0.717, 1.165) is 11.1 Å². The molecule has 0 atom stereocenters. The van der Waals surface area contributed by atoms with Crippen molar-refractivity contribution in [3.8, 4) is 0 Å². The molecule has 0 radical (unpaired) electrons. The number of fused-ring (bicyclic) bond motifs is 1. The fourth-order valence-corrected chi connectivity index (χ4v) is 1.97. The van der Waals surface area contributed by atoms with Gasteiger partial charge in [0.25, 0.3) is 5.56 Å². The highest BCUT2D eigenvalue weighted by Crippen LogP contribution is 2.15. The summed E-state index contributed by atoms with van der Waals surface area (Å²) in [6, 6.07) is 0. The molecule has 6 nitrogen and oxygen atoms in total. The fraction of sp³-hybridized carbons (Fsp3) is 0.600. The van der Waals surface area contributed by atoms with Crippen LogP contribution in [0.5, 0.6) is 0 Å². The van der Waals surface area contributed by atoms with Gasteiger partial charge < -0.3 is 5.32 Å². The van der Waals surface area contributed by atoms with Crippen LogP contribution in [0.15, 0.2) is 9.59 Å². The predicted octanol–water partition coefficient (Wildman–Crippen LogP) is -0.711. The topological polar surface area (TPSA) is 59.3 Å². The molecular formula is C10H16N4O2. The van der Waals surface area contributed by atoms with Crippen molar-refractivity contribution in [1.29, 1.82) is 0 Å². The summed E-state index contributed by atoms with van der Waals surface area (Å²) >= 11 is 0. The zero-order valence-electron chi connectivity index (χ0n) is 9.78. The molecule has 0 fully saturated rings. The Balaban J connectivity index is 2.65. The van der Waals surface area contributed by atoms with Crippen LogP contribution in [0, 0.1) is 0 Å².